The first-order valence-corrected chi connectivity index (χ1v) is 4.44. The predicted molar refractivity (Wildman–Crippen MR) is 35.9 cm³/mol. The third-order valence-corrected chi connectivity index (χ3v) is 3.83. The molecular formula is C6H11OP. The zero-order chi connectivity index (χ0) is 5.40. The molecule has 0 radical (unpaired) electrons. The lowest BCUT2D eigenvalue weighted by atomic mass is 10.2. The van der Waals surface area contributed by atoms with Gasteiger partial charge in [-0.15, -0.1) is 8.58 Å². The maximum absolute atomic E-state index is 5.36. The highest BCUT2D eigenvalue weighted by Crippen LogP contribution is 2.42. The molecule has 0 saturated carbocycles. The van der Waals surface area contributed by atoms with Crippen molar-refractivity contribution in [2.45, 2.75) is 24.2 Å². The van der Waals surface area contributed by atoms with E-state index in [2.05, 4.69) is 0 Å². The van der Waals surface area contributed by atoms with Crippen LogP contribution in [-0.2, 0) is 4.74 Å². The van der Waals surface area contributed by atoms with Gasteiger partial charge in [-0.25, -0.2) is 0 Å². The van der Waals surface area contributed by atoms with E-state index in [1.54, 1.807) is 0 Å². The average Bonchev–Trinajstić information content (AvgIpc) is 2.12. The zero-order valence-corrected chi connectivity index (χ0v) is 5.89. The lowest BCUT2D eigenvalue weighted by molar-refractivity contribution is 0.140. The van der Waals surface area contributed by atoms with Crippen molar-refractivity contribution in [3.8, 4) is 0 Å². The fourth-order valence-electron chi connectivity index (χ4n) is 1.52. The van der Waals surface area contributed by atoms with Gasteiger partial charge in [-0.3, -0.25) is 0 Å². The summed E-state index contributed by atoms with van der Waals surface area (Å²) in [5, 5.41) is 0. The molecule has 0 aromatic rings. The van der Waals surface area contributed by atoms with Crippen molar-refractivity contribution >= 4 is 8.58 Å². The van der Waals surface area contributed by atoms with Gasteiger partial charge in [0.2, 0.25) is 0 Å². The Morgan fingerprint density at radius 2 is 1.75 bits per heavy atom. The van der Waals surface area contributed by atoms with E-state index in [0.29, 0.717) is 0 Å². The molecule has 2 atom stereocenters. The average molecular weight is 130 g/mol. The van der Waals surface area contributed by atoms with E-state index < -0.39 is 0 Å². The molecule has 0 amide bonds. The molecule has 8 heavy (non-hydrogen) atoms. The molecule has 0 spiro atoms. The molecule has 2 fully saturated rings. The fraction of sp³-hybridized carbons (Fsp3) is 1.00. The zero-order valence-electron chi connectivity index (χ0n) is 4.89. The summed E-state index contributed by atoms with van der Waals surface area (Å²) in [6.45, 7) is 2.13. The van der Waals surface area contributed by atoms with Crippen molar-refractivity contribution in [2.75, 3.05) is 13.2 Å². The van der Waals surface area contributed by atoms with Gasteiger partial charge < -0.3 is 4.74 Å². The number of ether oxygens (including phenoxy) is 1. The van der Waals surface area contributed by atoms with E-state index in [0.717, 1.165) is 24.5 Å². The van der Waals surface area contributed by atoms with Gasteiger partial charge >= 0.3 is 0 Å². The van der Waals surface area contributed by atoms with Crippen LogP contribution in [0.2, 0.25) is 0 Å². The standard InChI is InChI=1S/C6H11OP/c1-2-6-4-7-3-5(1)8-6/h5-6,8H,1-4H2. The number of rotatable bonds is 0. The van der Waals surface area contributed by atoms with Gasteiger partial charge in [-0.1, -0.05) is 0 Å². The normalized spacial score (nSPS) is 48.0. The lowest BCUT2D eigenvalue weighted by Gasteiger charge is -2.18. The van der Waals surface area contributed by atoms with Crippen molar-refractivity contribution in [3.05, 3.63) is 0 Å². The Bertz CT molecular complexity index is 80.5. The Morgan fingerprint density at radius 1 is 1.12 bits per heavy atom. The van der Waals surface area contributed by atoms with Crippen LogP contribution < -0.4 is 0 Å². The Morgan fingerprint density at radius 3 is 2.25 bits per heavy atom. The molecule has 2 bridgehead atoms. The topological polar surface area (TPSA) is 9.23 Å². The molecule has 0 aromatic carbocycles. The lowest BCUT2D eigenvalue weighted by Crippen LogP contribution is -2.16. The number of hydrogen-bond acceptors (Lipinski definition) is 1. The molecule has 2 rings (SSSR count). The van der Waals surface area contributed by atoms with Gasteiger partial charge in [0.25, 0.3) is 0 Å². The Labute approximate surface area is 51.6 Å². The highest BCUT2D eigenvalue weighted by atomic mass is 31.1. The molecule has 2 heteroatoms. The predicted octanol–water partition coefficient (Wildman–Crippen LogP) is 1.23. The Hall–Kier alpha value is 0.390. The van der Waals surface area contributed by atoms with Crippen molar-refractivity contribution in [1.29, 1.82) is 0 Å². The second-order valence-electron chi connectivity index (χ2n) is 2.68. The van der Waals surface area contributed by atoms with Crippen molar-refractivity contribution < 1.29 is 4.74 Å². The molecule has 1 nitrogen and oxygen atoms in total. The monoisotopic (exact) mass is 130 g/mol. The van der Waals surface area contributed by atoms with Gasteiger partial charge in [0.05, 0.1) is 13.2 Å². The molecule has 2 aliphatic heterocycles. The van der Waals surface area contributed by atoms with Crippen molar-refractivity contribution in [2.24, 2.45) is 0 Å². The van der Waals surface area contributed by atoms with Gasteiger partial charge in [0.15, 0.2) is 0 Å². The first-order valence-electron chi connectivity index (χ1n) is 3.29. The van der Waals surface area contributed by atoms with Gasteiger partial charge in [0, 0.05) is 11.3 Å². The van der Waals surface area contributed by atoms with E-state index in [1.807, 2.05) is 0 Å². The summed E-state index contributed by atoms with van der Waals surface area (Å²) in [6.07, 6.45) is 2.90. The first kappa shape index (κ1) is 5.20. The minimum atomic E-state index is 0.966. The molecular weight excluding hydrogens is 119 g/mol. The highest BCUT2D eigenvalue weighted by molar-refractivity contribution is 7.40. The van der Waals surface area contributed by atoms with E-state index >= 15 is 0 Å². The summed E-state index contributed by atoms with van der Waals surface area (Å²) in [5.41, 5.74) is 1.93. The van der Waals surface area contributed by atoms with Crippen LogP contribution in [0.4, 0.5) is 0 Å². The van der Waals surface area contributed by atoms with Gasteiger partial charge in [0.1, 0.15) is 0 Å². The minimum absolute atomic E-state index is 0.966. The smallest absolute Gasteiger partial charge is 0.0531 e. The van der Waals surface area contributed by atoms with Gasteiger partial charge in [-0.2, -0.15) is 0 Å². The Kier molecular flexibility index (Phi) is 1.28. The fourth-order valence-corrected chi connectivity index (χ4v) is 3.28. The molecule has 0 aromatic heterocycles. The largest absolute Gasteiger partial charge is 0.380 e. The number of hydrogen-bond donors (Lipinski definition) is 0. The summed E-state index contributed by atoms with van der Waals surface area (Å²) in [7, 11) is 1.24. The van der Waals surface area contributed by atoms with Crippen LogP contribution >= 0.6 is 8.58 Å². The molecule has 2 aliphatic rings. The third-order valence-electron chi connectivity index (χ3n) is 1.97. The van der Waals surface area contributed by atoms with Gasteiger partial charge in [-0.05, 0) is 12.8 Å². The molecule has 2 unspecified atom stereocenters. The second-order valence-corrected chi connectivity index (χ2v) is 4.64. The summed E-state index contributed by atoms with van der Waals surface area (Å²) in [4.78, 5) is 0. The summed E-state index contributed by atoms with van der Waals surface area (Å²) < 4.78 is 5.36. The van der Waals surface area contributed by atoms with Crippen LogP contribution in [0.5, 0.6) is 0 Å². The quantitative estimate of drug-likeness (QED) is 0.448. The minimum Gasteiger partial charge on any atom is -0.380 e. The summed E-state index contributed by atoms with van der Waals surface area (Å²) >= 11 is 0. The Balaban J connectivity index is 2.03. The molecule has 2 heterocycles. The first-order chi connectivity index (χ1) is 3.95. The third kappa shape index (κ3) is 0.784. The van der Waals surface area contributed by atoms with Crippen LogP contribution in [0, 0.1) is 0 Å². The van der Waals surface area contributed by atoms with E-state index in [-0.39, 0.29) is 0 Å². The summed E-state index contributed by atoms with van der Waals surface area (Å²) in [5.74, 6) is 0. The summed E-state index contributed by atoms with van der Waals surface area (Å²) in [6, 6.07) is 0. The molecule has 0 aliphatic carbocycles. The molecule has 0 N–H and O–H groups in total. The second kappa shape index (κ2) is 1.97. The van der Waals surface area contributed by atoms with E-state index in [1.165, 1.54) is 21.4 Å². The van der Waals surface area contributed by atoms with Crippen LogP contribution in [0.15, 0.2) is 0 Å². The number of fused-ring (bicyclic) bond motifs is 2. The van der Waals surface area contributed by atoms with Crippen LogP contribution in [0.25, 0.3) is 0 Å². The maximum atomic E-state index is 5.36. The van der Waals surface area contributed by atoms with Crippen LogP contribution in [0.1, 0.15) is 12.8 Å². The van der Waals surface area contributed by atoms with E-state index in [4.69, 9.17) is 4.74 Å². The highest BCUT2D eigenvalue weighted by Gasteiger charge is 2.28. The van der Waals surface area contributed by atoms with Crippen LogP contribution in [-0.4, -0.2) is 24.5 Å². The molecule has 46 valence electrons. The van der Waals surface area contributed by atoms with E-state index in [9.17, 15) is 0 Å². The SMILES string of the molecule is C1CC2COCC1P2. The van der Waals surface area contributed by atoms with Crippen molar-refractivity contribution in [3.63, 3.8) is 0 Å². The van der Waals surface area contributed by atoms with Crippen LogP contribution in [0.3, 0.4) is 0 Å². The van der Waals surface area contributed by atoms with Crippen molar-refractivity contribution in [1.82, 2.24) is 0 Å². The maximum Gasteiger partial charge on any atom is 0.0531 e. The molecule has 2 saturated heterocycles.